The maximum absolute atomic E-state index is 11.7. The zero-order valence-electron chi connectivity index (χ0n) is 9.69. The minimum absolute atomic E-state index is 0.0298. The van der Waals surface area contributed by atoms with E-state index in [-0.39, 0.29) is 12.0 Å². The van der Waals surface area contributed by atoms with E-state index in [4.69, 9.17) is 4.74 Å². The molecule has 1 fully saturated rings. The molecule has 1 saturated heterocycles. The molecule has 0 saturated carbocycles. The molecule has 1 aromatic rings. The van der Waals surface area contributed by atoms with Gasteiger partial charge in [-0.25, -0.2) is 0 Å². The maximum Gasteiger partial charge on any atom is 0.249 e. The molecule has 0 radical (unpaired) electrons. The summed E-state index contributed by atoms with van der Waals surface area (Å²) in [5.74, 6) is 1.85. The summed E-state index contributed by atoms with van der Waals surface area (Å²) in [7, 11) is 0. The molecule has 1 aromatic heterocycles. The van der Waals surface area contributed by atoms with Crippen molar-refractivity contribution in [2.75, 3.05) is 6.61 Å². The normalized spacial score (nSPS) is 22.7. The van der Waals surface area contributed by atoms with Crippen LogP contribution in [0.15, 0.2) is 0 Å². The number of hydrogen-bond donors (Lipinski definition) is 1. The molecule has 0 aliphatic carbocycles. The van der Waals surface area contributed by atoms with Crippen molar-refractivity contribution >= 4 is 5.91 Å². The molecule has 92 valence electrons. The van der Waals surface area contributed by atoms with Gasteiger partial charge in [-0.15, -0.1) is 10.2 Å². The number of amides is 1. The predicted octanol–water partition coefficient (Wildman–Crippen LogP) is 0.0195. The van der Waals surface area contributed by atoms with Gasteiger partial charge in [0.2, 0.25) is 5.91 Å². The van der Waals surface area contributed by atoms with Gasteiger partial charge in [0, 0.05) is 19.6 Å². The van der Waals surface area contributed by atoms with Crippen molar-refractivity contribution in [1.82, 2.24) is 20.1 Å². The summed E-state index contributed by atoms with van der Waals surface area (Å²) < 4.78 is 7.42. The van der Waals surface area contributed by atoms with Crippen LogP contribution in [0.2, 0.25) is 0 Å². The molecule has 3 rings (SSSR count). The smallest absolute Gasteiger partial charge is 0.249 e. The highest BCUT2D eigenvalue weighted by Gasteiger charge is 2.24. The number of fused-ring (bicyclic) bond motifs is 1. The lowest BCUT2D eigenvalue weighted by Gasteiger charge is -2.10. The monoisotopic (exact) mass is 236 g/mol. The van der Waals surface area contributed by atoms with Crippen LogP contribution >= 0.6 is 0 Å². The average molecular weight is 236 g/mol. The van der Waals surface area contributed by atoms with E-state index >= 15 is 0 Å². The van der Waals surface area contributed by atoms with Crippen LogP contribution in [0.3, 0.4) is 0 Å². The summed E-state index contributed by atoms with van der Waals surface area (Å²) in [6.07, 6.45) is 3.64. The number of nitrogens with one attached hydrogen (secondary N) is 1. The van der Waals surface area contributed by atoms with E-state index in [1.165, 1.54) is 0 Å². The van der Waals surface area contributed by atoms with Gasteiger partial charge in [0.15, 0.2) is 5.82 Å². The van der Waals surface area contributed by atoms with Crippen molar-refractivity contribution in [3.05, 3.63) is 11.6 Å². The quantitative estimate of drug-likeness (QED) is 0.803. The number of nitrogens with zero attached hydrogens (tertiary/aromatic N) is 3. The Morgan fingerprint density at radius 1 is 1.47 bits per heavy atom. The molecule has 2 aliphatic rings. The lowest BCUT2D eigenvalue weighted by atomic mass is 10.2. The first-order valence-electron chi connectivity index (χ1n) is 6.15. The van der Waals surface area contributed by atoms with Gasteiger partial charge in [-0.2, -0.15) is 0 Å². The summed E-state index contributed by atoms with van der Waals surface area (Å²) in [6, 6.07) is 0. The highest BCUT2D eigenvalue weighted by molar-refractivity contribution is 5.80. The lowest BCUT2D eigenvalue weighted by Crippen LogP contribution is -2.34. The molecule has 6 heteroatoms. The van der Waals surface area contributed by atoms with E-state index < -0.39 is 0 Å². The predicted molar refractivity (Wildman–Crippen MR) is 59.2 cm³/mol. The molecule has 17 heavy (non-hydrogen) atoms. The molecule has 6 nitrogen and oxygen atoms in total. The number of ether oxygens (including phenoxy) is 1. The van der Waals surface area contributed by atoms with E-state index in [9.17, 15) is 4.79 Å². The standard InChI is InChI=1S/C11H16N4O2/c16-11(8-3-2-6-17-8)12-7-10-14-13-9-4-1-5-15(9)10/h8H,1-7H2,(H,12,16)/t8-/m1/s1. The van der Waals surface area contributed by atoms with E-state index in [2.05, 4.69) is 20.1 Å². The number of aromatic nitrogens is 3. The van der Waals surface area contributed by atoms with Crippen LogP contribution in [0.4, 0.5) is 0 Å². The Bertz CT molecular complexity index is 423. The Balaban J connectivity index is 1.58. The van der Waals surface area contributed by atoms with Crippen LogP contribution in [0.25, 0.3) is 0 Å². The minimum Gasteiger partial charge on any atom is -0.368 e. The highest BCUT2D eigenvalue weighted by Crippen LogP contribution is 2.14. The van der Waals surface area contributed by atoms with Crippen LogP contribution in [0.5, 0.6) is 0 Å². The topological polar surface area (TPSA) is 69.0 Å². The van der Waals surface area contributed by atoms with Gasteiger partial charge < -0.3 is 14.6 Å². The van der Waals surface area contributed by atoms with E-state index in [0.29, 0.717) is 13.2 Å². The fourth-order valence-corrected chi connectivity index (χ4v) is 2.41. The van der Waals surface area contributed by atoms with E-state index in [1.54, 1.807) is 0 Å². The SMILES string of the molecule is O=C(NCc1nnc2n1CCC2)[C@H]1CCCO1. The van der Waals surface area contributed by atoms with Crippen molar-refractivity contribution in [3.63, 3.8) is 0 Å². The molecule has 0 spiro atoms. The van der Waals surface area contributed by atoms with Crippen molar-refractivity contribution < 1.29 is 9.53 Å². The molecule has 0 unspecified atom stereocenters. The van der Waals surface area contributed by atoms with Crippen molar-refractivity contribution in [1.29, 1.82) is 0 Å². The third kappa shape index (κ3) is 2.04. The summed E-state index contributed by atoms with van der Waals surface area (Å²) in [5.41, 5.74) is 0. The third-order valence-electron chi connectivity index (χ3n) is 3.33. The van der Waals surface area contributed by atoms with E-state index in [1.807, 2.05) is 0 Å². The summed E-state index contributed by atoms with van der Waals surface area (Å²) in [5, 5.41) is 11.1. The Kier molecular flexibility index (Phi) is 2.80. The highest BCUT2D eigenvalue weighted by atomic mass is 16.5. The van der Waals surface area contributed by atoms with Gasteiger partial charge in [-0.05, 0) is 19.3 Å². The molecule has 3 heterocycles. The Hall–Kier alpha value is -1.43. The summed E-state index contributed by atoms with van der Waals surface area (Å²) >= 11 is 0. The largest absolute Gasteiger partial charge is 0.368 e. The molecule has 1 amide bonds. The Morgan fingerprint density at radius 2 is 2.41 bits per heavy atom. The molecular weight excluding hydrogens is 220 g/mol. The number of hydrogen-bond acceptors (Lipinski definition) is 4. The van der Waals surface area contributed by atoms with Gasteiger partial charge in [0.25, 0.3) is 0 Å². The number of aryl methyl sites for hydroxylation is 1. The number of rotatable bonds is 3. The second-order valence-corrected chi connectivity index (χ2v) is 4.51. The van der Waals surface area contributed by atoms with Crippen molar-refractivity contribution in [3.8, 4) is 0 Å². The zero-order valence-corrected chi connectivity index (χ0v) is 9.69. The first-order chi connectivity index (χ1) is 8.34. The first-order valence-corrected chi connectivity index (χ1v) is 6.15. The van der Waals surface area contributed by atoms with Crippen LogP contribution in [0.1, 0.15) is 30.9 Å². The molecule has 0 aromatic carbocycles. The molecule has 1 atom stereocenters. The average Bonchev–Trinajstić information content (AvgIpc) is 3.03. The van der Waals surface area contributed by atoms with Crippen LogP contribution in [0, 0.1) is 0 Å². The fourth-order valence-electron chi connectivity index (χ4n) is 2.41. The molecule has 0 bridgehead atoms. The molecular formula is C11H16N4O2. The number of carbonyl (C=O) groups is 1. The second kappa shape index (κ2) is 4.44. The number of carbonyl (C=O) groups excluding carboxylic acids is 1. The minimum atomic E-state index is -0.268. The molecule has 2 aliphatic heterocycles. The van der Waals surface area contributed by atoms with Gasteiger partial charge in [0.05, 0.1) is 6.54 Å². The zero-order chi connectivity index (χ0) is 11.7. The van der Waals surface area contributed by atoms with Gasteiger partial charge in [-0.3, -0.25) is 4.79 Å². The van der Waals surface area contributed by atoms with Gasteiger partial charge >= 0.3 is 0 Å². The van der Waals surface area contributed by atoms with Gasteiger partial charge in [0.1, 0.15) is 11.9 Å². The van der Waals surface area contributed by atoms with Gasteiger partial charge in [-0.1, -0.05) is 0 Å². The van der Waals surface area contributed by atoms with Crippen LogP contribution < -0.4 is 5.32 Å². The third-order valence-corrected chi connectivity index (χ3v) is 3.33. The first kappa shape index (κ1) is 10.7. The Labute approximate surface area is 99.4 Å². The summed E-state index contributed by atoms with van der Waals surface area (Å²) in [4.78, 5) is 11.7. The van der Waals surface area contributed by atoms with Crippen molar-refractivity contribution in [2.24, 2.45) is 0 Å². The second-order valence-electron chi connectivity index (χ2n) is 4.51. The summed E-state index contributed by atoms with van der Waals surface area (Å²) in [6.45, 7) is 2.11. The lowest BCUT2D eigenvalue weighted by molar-refractivity contribution is -0.130. The van der Waals surface area contributed by atoms with E-state index in [0.717, 1.165) is 43.9 Å². The Morgan fingerprint density at radius 3 is 3.24 bits per heavy atom. The van der Waals surface area contributed by atoms with Crippen LogP contribution in [-0.2, 0) is 29.0 Å². The van der Waals surface area contributed by atoms with Crippen LogP contribution in [-0.4, -0.2) is 33.4 Å². The van der Waals surface area contributed by atoms with Crippen molar-refractivity contribution in [2.45, 2.75) is 44.9 Å². The molecule has 1 N–H and O–H groups in total. The maximum atomic E-state index is 11.7. The fraction of sp³-hybridized carbons (Fsp3) is 0.727.